The van der Waals surface area contributed by atoms with E-state index in [0.717, 1.165) is 48.3 Å². The number of benzene rings is 1. The molecule has 0 radical (unpaired) electrons. The van der Waals surface area contributed by atoms with Crippen LogP contribution in [0.5, 0.6) is 0 Å². The van der Waals surface area contributed by atoms with Gasteiger partial charge in [0.05, 0.1) is 11.6 Å². The number of anilines is 1. The van der Waals surface area contributed by atoms with Crippen LogP contribution in [-0.4, -0.2) is 34.1 Å². The second-order valence-electron chi connectivity index (χ2n) is 7.69. The lowest BCUT2D eigenvalue weighted by Crippen LogP contribution is -2.43. The van der Waals surface area contributed by atoms with Crippen molar-refractivity contribution in [3.63, 3.8) is 0 Å². The molecule has 152 valence electrons. The molecular weight excluding hydrogens is 366 g/mol. The van der Waals surface area contributed by atoms with Gasteiger partial charge in [0.25, 0.3) is 5.71 Å². The number of nitrogens with zero attached hydrogens (tertiary/aromatic N) is 4. The van der Waals surface area contributed by atoms with Crippen LogP contribution < -0.4 is 10.2 Å². The molecule has 2 aromatic heterocycles. The summed E-state index contributed by atoms with van der Waals surface area (Å²) in [5.74, 6) is 1.52. The molecule has 1 N–H and O–H groups in total. The van der Waals surface area contributed by atoms with Crippen molar-refractivity contribution in [2.75, 3.05) is 18.0 Å². The third-order valence-corrected chi connectivity index (χ3v) is 5.64. The van der Waals surface area contributed by atoms with Gasteiger partial charge >= 0.3 is 0 Å². The number of carbonyl (C=O) groups is 1. The Kier molecular flexibility index (Phi) is 5.47. The molecule has 1 aliphatic heterocycles. The van der Waals surface area contributed by atoms with Gasteiger partial charge in [-0.2, -0.15) is 4.98 Å². The van der Waals surface area contributed by atoms with Gasteiger partial charge in [-0.15, -0.1) is 0 Å². The Bertz CT molecular complexity index is 1030. The van der Waals surface area contributed by atoms with Crippen LogP contribution in [0.25, 0.3) is 11.1 Å². The van der Waals surface area contributed by atoms with E-state index in [1.54, 1.807) is 0 Å². The van der Waals surface area contributed by atoms with Crippen LogP contribution in [0.3, 0.4) is 0 Å². The minimum absolute atomic E-state index is 0.0666. The number of aromatic nitrogens is 3. The Morgan fingerprint density at radius 1 is 1.28 bits per heavy atom. The third kappa shape index (κ3) is 3.95. The van der Waals surface area contributed by atoms with Crippen molar-refractivity contribution in [1.29, 1.82) is 0 Å². The maximum Gasteiger partial charge on any atom is 0.263 e. The SMILES string of the molecule is CCc1noc2nc(C)nc(N3CCCC(C(=O)NCc4ccccc4C)C3)c12. The average Bonchev–Trinajstić information content (AvgIpc) is 3.15. The number of hydrogen-bond donors (Lipinski definition) is 1. The van der Waals surface area contributed by atoms with E-state index >= 15 is 0 Å². The van der Waals surface area contributed by atoms with Crippen LogP contribution in [0.2, 0.25) is 0 Å². The summed E-state index contributed by atoms with van der Waals surface area (Å²) in [7, 11) is 0. The summed E-state index contributed by atoms with van der Waals surface area (Å²) in [6.45, 7) is 8.02. The molecule has 1 atom stereocenters. The smallest absolute Gasteiger partial charge is 0.263 e. The molecule has 7 heteroatoms. The zero-order valence-corrected chi connectivity index (χ0v) is 17.2. The lowest BCUT2D eigenvalue weighted by molar-refractivity contribution is -0.125. The minimum atomic E-state index is -0.0666. The highest BCUT2D eigenvalue weighted by Crippen LogP contribution is 2.31. The van der Waals surface area contributed by atoms with Crippen molar-refractivity contribution >= 4 is 22.8 Å². The fourth-order valence-electron chi connectivity index (χ4n) is 3.98. The second kappa shape index (κ2) is 8.19. The molecule has 1 aliphatic rings. The molecule has 0 spiro atoms. The zero-order valence-electron chi connectivity index (χ0n) is 17.2. The normalized spacial score (nSPS) is 16.9. The second-order valence-corrected chi connectivity index (χ2v) is 7.69. The molecule has 1 saturated heterocycles. The summed E-state index contributed by atoms with van der Waals surface area (Å²) in [5, 5.41) is 8.14. The van der Waals surface area contributed by atoms with E-state index in [0.29, 0.717) is 24.6 Å². The Labute approximate surface area is 170 Å². The first-order valence-corrected chi connectivity index (χ1v) is 10.3. The molecule has 1 fully saturated rings. The largest absolute Gasteiger partial charge is 0.355 e. The fourth-order valence-corrected chi connectivity index (χ4v) is 3.98. The maximum absolute atomic E-state index is 12.9. The first kappa shape index (κ1) is 19.4. The van der Waals surface area contributed by atoms with E-state index in [1.807, 2.05) is 26.0 Å². The quantitative estimate of drug-likeness (QED) is 0.716. The lowest BCUT2D eigenvalue weighted by atomic mass is 9.96. The molecular formula is C22H27N5O2. The summed E-state index contributed by atoms with van der Waals surface area (Å²) >= 11 is 0. The monoisotopic (exact) mass is 393 g/mol. The molecule has 1 unspecified atom stereocenters. The van der Waals surface area contributed by atoms with Crippen molar-refractivity contribution in [3.8, 4) is 0 Å². The summed E-state index contributed by atoms with van der Waals surface area (Å²) in [4.78, 5) is 24.1. The van der Waals surface area contributed by atoms with E-state index in [1.165, 1.54) is 5.56 Å². The topological polar surface area (TPSA) is 84.2 Å². The average molecular weight is 393 g/mol. The number of rotatable bonds is 5. The van der Waals surface area contributed by atoms with Gasteiger partial charge < -0.3 is 14.7 Å². The third-order valence-electron chi connectivity index (χ3n) is 5.64. The molecule has 3 aromatic rings. The fraction of sp³-hybridized carbons (Fsp3) is 0.455. The molecule has 0 aliphatic carbocycles. The van der Waals surface area contributed by atoms with Gasteiger partial charge in [-0.05, 0) is 44.2 Å². The summed E-state index contributed by atoms with van der Waals surface area (Å²) in [5.41, 5.74) is 3.73. The standard InChI is InChI=1S/C22H27N5O2/c1-4-18-19-20(24-15(3)25-22(19)29-26-18)27-11-7-10-17(13-27)21(28)23-12-16-9-6-5-8-14(16)2/h5-6,8-9,17H,4,7,10-13H2,1-3H3,(H,23,28). The number of amides is 1. The van der Waals surface area contributed by atoms with Crippen LogP contribution in [-0.2, 0) is 17.8 Å². The van der Waals surface area contributed by atoms with Gasteiger partial charge in [-0.1, -0.05) is 36.3 Å². The van der Waals surface area contributed by atoms with Gasteiger partial charge in [-0.3, -0.25) is 4.79 Å². The lowest BCUT2D eigenvalue weighted by Gasteiger charge is -2.33. The van der Waals surface area contributed by atoms with Crippen LogP contribution in [0.4, 0.5) is 5.82 Å². The molecule has 1 aromatic carbocycles. The number of hydrogen-bond acceptors (Lipinski definition) is 6. The number of piperidine rings is 1. The Hall–Kier alpha value is -2.96. The Balaban J connectivity index is 1.51. The van der Waals surface area contributed by atoms with Crippen LogP contribution in [0.15, 0.2) is 28.8 Å². The summed E-state index contributed by atoms with van der Waals surface area (Å²) in [6.07, 6.45) is 2.58. The maximum atomic E-state index is 12.9. The molecule has 0 bridgehead atoms. The van der Waals surface area contributed by atoms with Crippen molar-refractivity contribution in [2.24, 2.45) is 5.92 Å². The van der Waals surface area contributed by atoms with Gasteiger partial charge in [0.2, 0.25) is 5.91 Å². The van der Waals surface area contributed by atoms with Crippen molar-refractivity contribution in [3.05, 3.63) is 46.9 Å². The van der Waals surface area contributed by atoms with Crippen LogP contribution >= 0.6 is 0 Å². The van der Waals surface area contributed by atoms with Gasteiger partial charge in [0, 0.05) is 19.6 Å². The molecule has 3 heterocycles. The molecule has 7 nitrogen and oxygen atoms in total. The van der Waals surface area contributed by atoms with Gasteiger partial charge in [-0.25, -0.2) is 4.98 Å². The molecule has 0 saturated carbocycles. The van der Waals surface area contributed by atoms with Crippen molar-refractivity contribution < 1.29 is 9.32 Å². The number of aryl methyl sites for hydroxylation is 3. The van der Waals surface area contributed by atoms with E-state index in [2.05, 4.69) is 44.4 Å². The summed E-state index contributed by atoms with van der Waals surface area (Å²) in [6, 6.07) is 8.14. The highest BCUT2D eigenvalue weighted by atomic mass is 16.5. The number of carbonyl (C=O) groups excluding carboxylic acids is 1. The first-order chi connectivity index (χ1) is 14.1. The molecule has 4 rings (SSSR count). The van der Waals surface area contributed by atoms with E-state index in [4.69, 9.17) is 4.52 Å². The molecule has 1 amide bonds. The van der Waals surface area contributed by atoms with Crippen LogP contribution in [0.1, 0.15) is 42.4 Å². The molecule has 29 heavy (non-hydrogen) atoms. The number of fused-ring (bicyclic) bond motifs is 1. The van der Waals surface area contributed by atoms with Crippen molar-refractivity contribution in [2.45, 2.75) is 46.6 Å². The van der Waals surface area contributed by atoms with E-state index in [-0.39, 0.29) is 11.8 Å². The Morgan fingerprint density at radius 2 is 2.10 bits per heavy atom. The van der Waals surface area contributed by atoms with Gasteiger partial charge in [0.15, 0.2) is 0 Å². The van der Waals surface area contributed by atoms with Crippen LogP contribution in [0, 0.1) is 19.8 Å². The zero-order chi connectivity index (χ0) is 20.4. The highest BCUT2D eigenvalue weighted by Gasteiger charge is 2.29. The highest BCUT2D eigenvalue weighted by molar-refractivity contribution is 5.89. The minimum Gasteiger partial charge on any atom is -0.355 e. The van der Waals surface area contributed by atoms with E-state index < -0.39 is 0 Å². The number of nitrogens with one attached hydrogen (secondary N) is 1. The van der Waals surface area contributed by atoms with Crippen molar-refractivity contribution in [1.82, 2.24) is 20.4 Å². The first-order valence-electron chi connectivity index (χ1n) is 10.3. The van der Waals surface area contributed by atoms with Gasteiger partial charge in [0.1, 0.15) is 17.0 Å². The summed E-state index contributed by atoms with van der Waals surface area (Å²) < 4.78 is 5.42. The van der Waals surface area contributed by atoms with E-state index in [9.17, 15) is 4.79 Å². The predicted molar refractivity (Wildman–Crippen MR) is 112 cm³/mol. The Morgan fingerprint density at radius 3 is 2.90 bits per heavy atom. The predicted octanol–water partition coefficient (Wildman–Crippen LogP) is 3.33.